The van der Waals surface area contributed by atoms with Crippen LogP contribution in [0.2, 0.25) is 0 Å². The molecule has 7 nitrogen and oxygen atoms in total. The van der Waals surface area contributed by atoms with Gasteiger partial charge in [0.2, 0.25) is 5.88 Å². The van der Waals surface area contributed by atoms with Gasteiger partial charge in [-0.25, -0.2) is 17.8 Å². The maximum atomic E-state index is 13.4. The molecule has 192 valence electrons. The monoisotopic (exact) mass is 538 g/mol. The van der Waals surface area contributed by atoms with Crippen LogP contribution in [0.15, 0.2) is 59.6 Å². The van der Waals surface area contributed by atoms with E-state index in [4.69, 9.17) is 9.47 Å². The Morgan fingerprint density at radius 2 is 1.67 bits per heavy atom. The normalized spacial score (nSPS) is 12.2. The standard InChI is InChI=1S/C21H13F7N2O5S/c1-34-17-8-12(22)5-6-16(17)35-19-15(7-11(10-29-19)20(23,24)25)18(31)30-13-3-2-4-14(9-13)36(32,33)21(26,27)28/h2-10H,1H3,(H,30,31). The molecule has 0 atom stereocenters. The number of hydrogen-bond acceptors (Lipinski definition) is 6. The van der Waals surface area contributed by atoms with Crippen LogP contribution < -0.4 is 14.8 Å². The van der Waals surface area contributed by atoms with E-state index in [9.17, 15) is 43.9 Å². The second-order valence-electron chi connectivity index (χ2n) is 6.90. The Bertz CT molecular complexity index is 1410. The third-order valence-electron chi connectivity index (χ3n) is 4.46. The molecule has 0 bridgehead atoms. The van der Waals surface area contributed by atoms with Gasteiger partial charge in [-0.1, -0.05) is 6.07 Å². The predicted molar refractivity (Wildman–Crippen MR) is 110 cm³/mol. The SMILES string of the molecule is COc1cc(F)ccc1Oc1ncc(C(F)(F)F)cc1C(=O)Nc1cccc(S(=O)(=O)C(F)(F)F)c1. The topological polar surface area (TPSA) is 94.6 Å². The minimum absolute atomic E-state index is 0.187. The highest BCUT2D eigenvalue weighted by atomic mass is 32.2. The second kappa shape index (κ2) is 9.64. The zero-order valence-corrected chi connectivity index (χ0v) is 18.6. The molecule has 1 aromatic heterocycles. The van der Waals surface area contributed by atoms with Gasteiger partial charge in [-0.3, -0.25) is 4.79 Å². The van der Waals surface area contributed by atoms with E-state index >= 15 is 0 Å². The number of sulfone groups is 1. The second-order valence-corrected chi connectivity index (χ2v) is 8.84. The van der Waals surface area contributed by atoms with Crippen LogP contribution in [0.25, 0.3) is 0 Å². The van der Waals surface area contributed by atoms with Gasteiger partial charge < -0.3 is 14.8 Å². The van der Waals surface area contributed by atoms with E-state index in [1.165, 1.54) is 0 Å². The van der Waals surface area contributed by atoms with E-state index in [0.717, 1.165) is 37.4 Å². The lowest BCUT2D eigenvalue weighted by Gasteiger charge is -2.15. The van der Waals surface area contributed by atoms with E-state index in [1.54, 1.807) is 0 Å². The van der Waals surface area contributed by atoms with Crippen molar-refractivity contribution in [3.8, 4) is 17.4 Å². The number of hydrogen-bond donors (Lipinski definition) is 1. The minimum Gasteiger partial charge on any atom is -0.493 e. The van der Waals surface area contributed by atoms with Gasteiger partial charge in [0.1, 0.15) is 11.4 Å². The summed E-state index contributed by atoms with van der Waals surface area (Å²) in [5, 5.41) is 2.02. The molecule has 0 aliphatic rings. The van der Waals surface area contributed by atoms with Gasteiger partial charge in [-0.15, -0.1) is 0 Å². The fourth-order valence-electron chi connectivity index (χ4n) is 2.75. The summed E-state index contributed by atoms with van der Waals surface area (Å²) in [5.41, 5.74) is -8.29. The van der Waals surface area contributed by atoms with E-state index in [0.29, 0.717) is 24.4 Å². The number of benzene rings is 2. The first kappa shape index (κ1) is 26.7. The summed E-state index contributed by atoms with van der Waals surface area (Å²) in [4.78, 5) is 15.1. The van der Waals surface area contributed by atoms with E-state index < -0.39 is 60.8 Å². The number of nitrogens with zero attached hydrogens (tertiary/aromatic N) is 1. The molecule has 1 N–H and O–H groups in total. The summed E-state index contributed by atoms with van der Waals surface area (Å²) in [7, 11) is -4.62. The Hall–Kier alpha value is -3.88. The van der Waals surface area contributed by atoms with E-state index in [1.807, 2.05) is 5.32 Å². The first-order valence-corrected chi connectivity index (χ1v) is 10.9. The van der Waals surface area contributed by atoms with Crippen LogP contribution in [-0.4, -0.2) is 31.9 Å². The maximum absolute atomic E-state index is 13.4. The number of ether oxygens (including phenoxy) is 2. The lowest BCUT2D eigenvalue weighted by atomic mass is 10.1. The third kappa shape index (κ3) is 5.67. The summed E-state index contributed by atoms with van der Waals surface area (Å²) in [6.45, 7) is 0. The number of rotatable bonds is 6. The van der Waals surface area contributed by atoms with Crippen molar-refractivity contribution in [3.05, 3.63) is 71.7 Å². The molecule has 0 fully saturated rings. The number of alkyl halides is 6. The number of nitrogens with one attached hydrogen (secondary N) is 1. The van der Waals surface area contributed by atoms with Crippen molar-refractivity contribution in [2.24, 2.45) is 0 Å². The Morgan fingerprint density at radius 1 is 0.972 bits per heavy atom. The van der Waals surface area contributed by atoms with Crippen molar-refractivity contribution in [2.45, 2.75) is 16.6 Å². The molecule has 3 rings (SSSR count). The molecular formula is C21H13F7N2O5S. The average Bonchev–Trinajstić information content (AvgIpc) is 2.79. The molecule has 0 radical (unpaired) electrons. The molecular weight excluding hydrogens is 525 g/mol. The van der Waals surface area contributed by atoms with Gasteiger partial charge in [0.25, 0.3) is 15.7 Å². The quantitative estimate of drug-likeness (QED) is 0.412. The largest absolute Gasteiger partial charge is 0.501 e. The fraction of sp³-hybridized carbons (Fsp3) is 0.143. The highest BCUT2D eigenvalue weighted by molar-refractivity contribution is 7.92. The van der Waals surface area contributed by atoms with Crippen molar-refractivity contribution in [1.29, 1.82) is 0 Å². The smallest absolute Gasteiger partial charge is 0.493 e. The number of methoxy groups -OCH3 is 1. The summed E-state index contributed by atoms with van der Waals surface area (Å²) in [5.74, 6) is -3.16. The van der Waals surface area contributed by atoms with Gasteiger partial charge >= 0.3 is 11.7 Å². The number of amides is 1. The Balaban J connectivity index is 2.02. The van der Waals surface area contributed by atoms with Crippen LogP contribution in [0.1, 0.15) is 15.9 Å². The predicted octanol–water partition coefficient (Wildman–Crippen LogP) is 5.59. The number of carbonyl (C=O) groups excluding carboxylic acids is 1. The Labute approximate surface area is 198 Å². The lowest BCUT2D eigenvalue weighted by molar-refractivity contribution is -0.137. The van der Waals surface area contributed by atoms with Crippen molar-refractivity contribution in [1.82, 2.24) is 4.98 Å². The molecule has 0 saturated carbocycles. The lowest BCUT2D eigenvalue weighted by Crippen LogP contribution is -2.23. The van der Waals surface area contributed by atoms with Gasteiger partial charge in [-0.05, 0) is 36.4 Å². The molecule has 1 amide bonds. The molecule has 1 heterocycles. The van der Waals surface area contributed by atoms with Gasteiger partial charge in [0, 0.05) is 18.0 Å². The molecule has 36 heavy (non-hydrogen) atoms. The number of anilines is 1. The molecule has 2 aromatic carbocycles. The van der Waals surface area contributed by atoms with Gasteiger partial charge in [-0.2, -0.15) is 26.3 Å². The molecule has 0 spiro atoms. The minimum atomic E-state index is -5.77. The molecule has 0 aliphatic heterocycles. The van der Waals surface area contributed by atoms with E-state index in [-0.39, 0.29) is 11.5 Å². The van der Waals surface area contributed by atoms with Crippen LogP contribution in [0, 0.1) is 5.82 Å². The summed E-state index contributed by atoms with van der Waals surface area (Å²) in [6, 6.07) is 6.26. The highest BCUT2D eigenvalue weighted by Crippen LogP contribution is 2.36. The van der Waals surface area contributed by atoms with Crippen molar-refractivity contribution in [2.75, 3.05) is 12.4 Å². The zero-order chi connectivity index (χ0) is 26.9. The molecule has 3 aromatic rings. The molecule has 0 aliphatic carbocycles. The van der Waals surface area contributed by atoms with Crippen molar-refractivity contribution < 1.29 is 53.4 Å². The first-order valence-electron chi connectivity index (χ1n) is 9.45. The number of aromatic nitrogens is 1. The summed E-state index contributed by atoms with van der Waals surface area (Å²) in [6.07, 6.45) is -4.58. The molecule has 0 unspecified atom stereocenters. The average molecular weight is 538 g/mol. The summed E-state index contributed by atoms with van der Waals surface area (Å²) < 4.78 is 125. The number of halogens is 7. The molecule has 0 saturated heterocycles. The number of carbonyl (C=O) groups is 1. The maximum Gasteiger partial charge on any atom is 0.501 e. The van der Waals surface area contributed by atoms with E-state index in [2.05, 4.69) is 4.98 Å². The zero-order valence-electron chi connectivity index (χ0n) is 17.7. The van der Waals surface area contributed by atoms with Crippen LogP contribution in [0.3, 0.4) is 0 Å². The van der Waals surface area contributed by atoms with Crippen molar-refractivity contribution in [3.63, 3.8) is 0 Å². The third-order valence-corrected chi connectivity index (χ3v) is 5.95. The molecule has 15 heteroatoms. The van der Waals surface area contributed by atoms with Crippen LogP contribution in [0.5, 0.6) is 17.4 Å². The fourth-order valence-corrected chi connectivity index (χ4v) is 3.56. The highest BCUT2D eigenvalue weighted by Gasteiger charge is 2.47. The Morgan fingerprint density at radius 3 is 2.28 bits per heavy atom. The first-order chi connectivity index (χ1) is 16.6. The van der Waals surface area contributed by atoms with Gasteiger partial charge in [0.05, 0.1) is 17.6 Å². The number of pyridine rings is 1. The van der Waals surface area contributed by atoms with Crippen LogP contribution in [0.4, 0.5) is 36.4 Å². The Kier molecular flexibility index (Phi) is 7.15. The van der Waals surface area contributed by atoms with Crippen LogP contribution in [-0.2, 0) is 16.0 Å². The summed E-state index contributed by atoms with van der Waals surface area (Å²) >= 11 is 0. The van der Waals surface area contributed by atoms with Crippen molar-refractivity contribution >= 4 is 21.4 Å². The van der Waals surface area contributed by atoms with Crippen LogP contribution >= 0.6 is 0 Å². The van der Waals surface area contributed by atoms with Gasteiger partial charge in [0.15, 0.2) is 11.5 Å².